The van der Waals surface area contributed by atoms with Crippen molar-refractivity contribution in [3.8, 4) is 11.5 Å². The summed E-state index contributed by atoms with van der Waals surface area (Å²) in [5.41, 5.74) is 2.82. The number of rotatable bonds is 9. The van der Waals surface area contributed by atoms with Crippen LogP contribution in [0.4, 0.5) is 10.8 Å². The number of anilines is 2. The van der Waals surface area contributed by atoms with Crippen molar-refractivity contribution in [2.45, 2.75) is 10.1 Å². The fourth-order valence-corrected chi connectivity index (χ4v) is 5.82. The number of thiazole rings is 1. The number of nitrogens with one attached hydrogen (secondary N) is 2. The standard InChI is InChI=1S/C30H25N3O4S2/c1-36-24-17-12-20(18-25(24)37-2)28(34)31-21-13-15-22(16-14-21)38-27(19-8-4-3-5-9-19)29(35)33-30-32-23-10-6-7-11-26(23)39-30/h3-18,27H,1-2H3,(H,31,34)(H,32,33,35). The second-order valence-electron chi connectivity index (χ2n) is 8.43. The molecule has 0 bridgehead atoms. The molecule has 9 heteroatoms. The second kappa shape index (κ2) is 12.0. The molecule has 1 atom stereocenters. The highest BCUT2D eigenvalue weighted by atomic mass is 32.2. The van der Waals surface area contributed by atoms with Crippen molar-refractivity contribution in [2.24, 2.45) is 0 Å². The molecule has 4 aromatic carbocycles. The van der Waals surface area contributed by atoms with Crippen molar-refractivity contribution in [2.75, 3.05) is 24.9 Å². The summed E-state index contributed by atoms with van der Waals surface area (Å²) < 4.78 is 11.6. The van der Waals surface area contributed by atoms with E-state index in [1.54, 1.807) is 25.3 Å². The molecule has 1 aromatic heterocycles. The van der Waals surface area contributed by atoms with E-state index in [1.165, 1.54) is 30.2 Å². The molecule has 5 rings (SSSR count). The molecule has 1 heterocycles. The Kier molecular flexibility index (Phi) is 8.10. The van der Waals surface area contributed by atoms with Gasteiger partial charge in [0.1, 0.15) is 5.25 Å². The number of methoxy groups -OCH3 is 2. The summed E-state index contributed by atoms with van der Waals surface area (Å²) in [5, 5.41) is 5.96. The van der Waals surface area contributed by atoms with Gasteiger partial charge in [-0.05, 0) is 60.2 Å². The quantitative estimate of drug-likeness (QED) is 0.190. The molecular weight excluding hydrogens is 530 g/mol. The summed E-state index contributed by atoms with van der Waals surface area (Å²) in [5.74, 6) is 0.605. The summed E-state index contributed by atoms with van der Waals surface area (Å²) >= 11 is 2.88. The number of carbonyl (C=O) groups is 2. The van der Waals surface area contributed by atoms with Gasteiger partial charge in [0.15, 0.2) is 16.6 Å². The third-order valence-corrected chi connectivity index (χ3v) is 8.09. The smallest absolute Gasteiger partial charge is 0.255 e. The van der Waals surface area contributed by atoms with Crippen LogP contribution in [0.25, 0.3) is 10.2 Å². The third-order valence-electron chi connectivity index (χ3n) is 5.88. The lowest BCUT2D eigenvalue weighted by Gasteiger charge is -2.16. The number of para-hydroxylation sites is 1. The number of ether oxygens (including phenoxy) is 2. The van der Waals surface area contributed by atoms with Crippen LogP contribution < -0.4 is 20.1 Å². The zero-order chi connectivity index (χ0) is 27.2. The molecule has 5 aromatic rings. The van der Waals surface area contributed by atoms with E-state index >= 15 is 0 Å². The van der Waals surface area contributed by atoms with Crippen molar-refractivity contribution in [1.29, 1.82) is 0 Å². The number of aromatic nitrogens is 1. The average Bonchev–Trinajstić information content (AvgIpc) is 3.39. The van der Waals surface area contributed by atoms with Gasteiger partial charge in [-0.15, -0.1) is 11.8 Å². The predicted molar refractivity (Wildman–Crippen MR) is 157 cm³/mol. The molecule has 0 saturated heterocycles. The molecule has 1 unspecified atom stereocenters. The van der Waals surface area contributed by atoms with Crippen LogP contribution in [-0.4, -0.2) is 31.0 Å². The van der Waals surface area contributed by atoms with Gasteiger partial charge in [0.2, 0.25) is 5.91 Å². The fraction of sp³-hybridized carbons (Fsp3) is 0.100. The van der Waals surface area contributed by atoms with E-state index in [0.29, 0.717) is 27.9 Å². The molecule has 39 heavy (non-hydrogen) atoms. The minimum Gasteiger partial charge on any atom is -0.493 e. The van der Waals surface area contributed by atoms with Gasteiger partial charge in [-0.1, -0.05) is 53.8 Å². The predicted octanol–water partition coefficient (Wildman–Crippen LogP) is 7.04. The van der Waals surface area contributed by atoms with E-state index < -0.39 is 5.25 Å². The number of nitrogens with zero attached hydrogens (tertiary/aromatic N) is 1. The van der Waals surface area contributed by atoms with E-state index in [-0.39, 0.29) is 11.8 Å². The van der Waals surface area contributed by atoms with Gasteiger partial charge in [0, 0.05) is 16.1 Å². The Balaban J connectivity index is 1.30. The maximum Gasteiger partial charge on any atom is 0.255 e. The third kappa shape index (κ3) is 6.22. The van der Waals surface area contributed by atoms with Gasteiger partial charge in [0.05, 0.1) is 24.4 Å². The van der Waals surface area contributed by atoms with Gasteiger partial charge < -0.3 is 20.1 Å². The molecule has 0 spiro atoms. The molecule has 7 nitrogen and oxygen atoms in total. The van der Waals surface area contributed by atoms with E-state index in [1.807, 2.05) is 78.9 Å². The fourth-order valence-electron chi connectivity index (χ4n) is 3.93. The van der Waals surface area contributed by atoms with Crippen LogP contribution in [0.1, 0.15) is 21.2 Å². The molecular formula is C30H25N3O4S2. The van der Waals surface area contributed by atoms with Gasteiger partial charge in [-0.2, -0.15) is 0 Å². The van der Waals surface area contributed by atoms with Crippen molar-refractivity contribution in [3.05, 3.63) is 108 Å². The van der Waals surface area contributed by atoms with Crippen molar-refractivity contribution < 1.29 is 19.1 Å². The highest BCUT2D eigenvalue weighted by Crippen LogP contribution is 2.37. The summed E-state index contributed by atoms with van der Waals surface area (Å²) in [4.78, 5) is 31.6. The zero-order valence-corrected chi connectivity index (χ0v) is 22.8. The lowest BCUT2D eigenvalue weighted by Crippen LogP contribution is -2.18. The van der Waals surface area contributed by atoms with Crippen LogP contribution in [0.15, 0.2) is 102 Å². The molecule has 2 N–H and O–H groups in total. The molecule has 0 saturated carbocycles. The Labute approximate surface area is 234 Å². The Hall–Kier alpha value is -4.34. The molecule has 0 fully saturated rings. The monoisotopic (exact) mass is 555 g/mol. The molecule has 0 aliphatic rings. The van der Waals surface area contributed by atoms with Crippen molar-refractivity contribution >= 4 is 55.9 Å². The first-order valence-corrected chi connectivity index (χ1v) is 13.7. The van der Waals surface area contributed by atoms with E-state index in [9.17, 15) is 9.59 Å². The maximum absolute atomic E-state index is 13.4. The number of fused-ring (bicyclic) bond motifs is 1. The number of amides is 2. The minimum atomic E-state index is -0.495. The summed E-state index contributed by atoms with van der Waals surface area (Å²) in [6, 6.07) is 29.8. The first kappa shape index (κ1) is 26.3. The largest absolute Gasteiger partial charge is 0.493 e. The minimum absolute atomic E-state index is 0.156. The first-order chi connectivity index (χ1) is 19.0. The van der Waals surface area contributed by atoms with Crippen LogP contribution in [0.2, 0.25) is 0 Å². The first-order valence-electron chi connectivity index (χ1n) is 12.1. The van der Waals surface area contributed by atoms with Crippen LogP contribution in [0.3, 0.4) is 0 Å². The number of thioether (sulfide) groups is 1. The summed E-state index contributed by atoms with van der Waals surface area (Å²) in [6.07, 6.45) is 0. The molecule has 0 radical (unpaired) electrons. The zero-order valence-electron chi connectivity index (χ0n) is 21.2. The van der Waals surface area contributed by atoms with Crippen LogP contribution in [0.5, 0.6) is 11.5 Å². The normalized spacial score (nSPS) is 11.5. The topological polar surface area (TPSA) is 89.5 Å². The van der Waals surface area contributed by atoms with Crippen LogP contribution in [-0.2, 0) is 4.79 Å². The molecule has 196 valence electrons. The SMILES string of the molecule is COc1ccc(C(=O)Nc2ccc(SC(C(=O)Nc3nc4ccccc4s3)c3ccccc3)cc2)cc1OC. The Morgan fingerprint density at radius 3 is 2.26 bits per heavy atom. The van der Waals surface area contributed by atoms with Gasteiger partial charge >= 0.3 is 0 Å². The number of hydrogen-bond donors (Lipinski definition) is 2. The highest BCUT2D eigenvalue weighted by Gasteiger charge is 2.23. The lowest BCUT2D eigenvalue weighted by molar-refractivity contribution is -0.115. The van der Waals surface area contributed by atoms with Gasteiger partial charge in [-0.25, -0.2) is 4.98 Å². The molecule has 2 amide bonds. The lowest BCUT2D eigenvalue weighted by atomic mass is 10.1. The van der Waals surface area contributed by atoms with Crippen molar-refractivity contribution in [1.82, 2.24) is 4.98 Å². The number of hydrogen-bond acceptors (Lipinski definition) is 7. The summed E-state index contributed by atoms with van der Waals surface area (Å²) in [6.45, 7) is 0. The molecule has 0 aliphatic heterocycles. The second-order valence-corrected chi connectivity index (χ2v) is 10.6. The Morgan fingerprint density at radius 2 is 1.54 bits per heavy atom. The number of benzene rings is 4. The summed E-state index contributed by atoms with van der Waals surface area (Å²) in [7, 11) is 3.07. The van der Waals surface area contributed by atoms with Gasteiger partial charge in [0.25, 0.3) is 5.91 Å². The maximum atomic E-state index is 13.4. The average molecular weight is 556 g/mol. The van der Waals surface area contributed by atoms with E-state index in [4.69, 9.17) is 9.47 Å². The Bertz CT molecular complexity index is 1570. The van der Waals surface area contributed by atoms with Crippen LogP contribution in [0, 0.1) is 0 Å². The van der Waals surface area contributed by atoms with Crippen LogP contribution >= 0.6 is 23.1 Å². The Morgan fingerprint density at radius 1 is 0.821 bits per heavy atom. The van der Waals surface area contributed by atoms with Crippen molar-refractivity contribution in [3.63, 3.8) is 0 Å². The highest BCUT2D eigenvalue weighted by molar-refractivity contribution is 8.00. The number of carbonyl (C=O) groups excluding carboxylic acids is 2. The van der Waals surface area contributed by atoms with E-state index in [2.05, 4.69) is 15.6 Å². The van der Waals surface area contributed by atoms with Gasteiger partial charge in [-0.3, -0.25) is 9.59 Å². The molecule has 0 aliphatic carbocycles. The van der Waals surface area contributed by atoms with E-state index in [0.717, 1.165) is 20.7 Å².